The highest BCUT2D eigenvalue weighted by atomic mass is 16.5. The third-order valence-electron chi connectivity index (χ3n) is 5.84. The van der Waals surface area contributed by atoms with Crippen molar-refractivity contribution in [2.75, 3.05) is 33.4 Å². The number of quaternary nitrogens is 1. The predicted molar refractivity (Wildman–Crippen MR) is 94.2 cm³/mol. The number of piperidine rings is 2. The summed E-state index contributed by atoms with van der Waals surface area (Å²) < 4.78 is 12.3. The Morgan fingerprint density at radius 3 is 2.62 bits per heavy atom. The number of rotatable bonds is 5. The van der Waals surface area contributed by atoms with E-state index in [-0.39, 0.29) is 5.97 Å². The lowest BCUT2D eigenvalue weighted by molar-refractivity contribution is -0.947. The summed E-state index contributed by atoms with van der Waals surface area (Å²) in [4.78, 5) is 12.3. The van der Waals surface area contributed by atoms with Gasteiger partial charge in [0.05, 0.1) is 38.3 Å². The summed E-state index contributed by atoms with van der Waals surface area (Å²) in [6.45, 7) is 5.71. The highest BCUT2D eigenvalue weighted by molar-refractivity contribution is 5.89. The lowest BCUT2D eigenvalue weighted by Gasteiger charge is -2.51. The molecule has 2 aliphatic rings. The molecule has 0 N–H and O–H groups in total. The van der Waals surface area contributed by atoms with Crippen LogP contribution in [0.1, 0.15) is 49.4 Å². The van der Waals surface area contributed by atoms with Crippen LogP contribution in [0, 0.1) is 5.92 Å². The molecule has 2 saturated heterocycles. The topological polar surface area (TPSA) is 35.5 Å². The first-order valence-electron chi connectivity index (χ1n) is 9.36. The summed E-state index contributed by atoms with van der Waals surface area (Å²) in [6.07, 6.45) is 6.38. The summed E-state index contributed by atoms with van der Waals surface area (Å²) in [6, 6.07) is 7.90. The van der Waals surface area contributed by atoms with Crippen molar-refractivity contribution in [2.45, 2.75) is 45.1 Å². The minimum absolute atomic E-state index is 0.214. The van der Waals surface area contributed by atoms with E-state index in [2.05, 4.69) is 7.05 Å². The fourth-order valence-corrected chi connectivity index (χ4v) is 4.55. The van der Waals surface area contributed by atoms with Crippen molar-refractivity contribution in [3.63, 3.8) is 0 Å². The van der Waals surface area contributed by atoms with Crippen molar-refractivity contribution in [1.29, 1.82) is 0 Å². The van der Waals surface area contributed by atoms with Crippen molar-refractivity contribution in [3.05, 3.63) is 29.8 Å². The van der Waals surface area contributed by atoms with Crippen LogP contribution in [0.4, 0.5) is 0 Å². The molecule has 0 aromatic heterocycles. The molecule has 4 nitrogen and oxygen atoms in total. The van der Waals surface area contributed by atoms with Gasteiger partial charge >= 0.3 is 5.97 Å². The Morgan fingerprint density at radius 2 is 1.88 bits per heavy atom. The Morgan fingerprint density at radius 1 is 1.12 bits per heavy atom. The van der Waals surface area contributed by atoms with Crippen LogP contribution in [0.5, 0.6) is 5.75 Å². The number of carbonyl (C=O) groups is 1. The van der Waals surface area contributed by atoms with Crippen LogP contribution < -0.4 is 4.74 Å². The van der Waals surface area contributed by atoms with E-state index in [9.17, 15) is 4.79 Å². The third-order valence-corrected chi connectivity index (χ3v) is 5.84. The maximum Gasteiger partial charge on any atom is 0.338 e. The maximum atomic E-state index is 12.3. The lowest BCUT2D eigenvalue weighted by atomic mass is 9.82. The van der Waals surface area contributed by atoms with Gasteiger partial charge in [0, 0.05) is 12.3 Å². The van der Waals surface area contributed by atoms with Crippen LogP contribution in [0.3, 0.4) is 0 Å². The van der Waals surface area contributed by atoms with Gasteiger partial charge in [0.25, 0.3) is 0 Å². The van der Waals surface area contributed by atoms with Crippen molar-refractivity contribution in [2.24, 2.45) is 5.92 Å². The van der Waals surface area contributed by atoms with Crippen LogP contribution in [0.2, 0.25) is 0 Å². The monoisotopic (exact) mass is 332 g/mol. The molecule has 1 unspecified atom stereocenters. The van der Waals surface area contributed by atoms with E-state index < -0.39 is 0 Å². The summed E-state index contributed by atoms with van der Waals surface area (Å²) in [7, 11) is 2.39. The second-order valence-electron chi connectivity index (χ2n) is 7.45. The minimum atomic E-state index is -0.214. The van der Waals surface area contributed by atoms with Crippen LogP contribution in [-0.4, -0.2) is 49.8 Å². The molecule has 3 atom stereocenters. The smallest absolute Gasteiger partial charge is 0.338 e. The van der Waals surface area contributed by atoms with Gasteiger partial charge in [-0.3, -0.25) is 0 Å². The molecule has 4 heteroatoms. The van der Waals surface area contributed by atoms with Crippen molar-refractivity contribution >= 4 is 5.97 Å². The number of carbonyl (C=O) groups excluding carboxylic acids is 1. The maximum absolute atomic E-state index is 12.3. The summed E-state index contributed by atoms with van der Waals surface area (Å²) in [5, 5.41) is 0. The van der Waals surface area contributed by atoms with Crippen molar-refractivity contribution in [3.8, 4) is 5.75 Å². The highest BCUT2D eigenvalue weighted by Gasteiger charge is 2.43. The Kier molecular flexibility index (Phi) is 5.44. The average molecular weight is 332 g/mol. The van der Waals surface area contributed by atoms with E-state index in [4.69, 9.17) is 9.47 Å². The molecule has 24 heavy (non-hydrogen) atoms. The van der Waals surface area contributed by atoms with Crippen molar-refractivity contribution in [1.82, 2.24) is 0 Å². The Hall–Kier alpha value is -1.55. The zero-order chi connectivity index (χ0) is 17.0. The zero-order valence-electron chi connectivity index (χ0n) is 15.0. The van der Waals surface area contributed by atoms with Gasteiger partial charge in [0.15, 0.2) is 0 Å². The van der Waals surface area contributed by atoms with E-state index in [1.165, 1.54) is 49.7 Å². The SMILES string of the molecule is CCOc1ccc(C(=O)OC[C@@H]2CCC[N+]3(C)CCCC[C@@H]23)cc1. The number of ether oxygens (including phenoxy) is 2. The fourth-order valence-electron chi connectivity index (χ4n) is 4.55. The molecule has 2 heterocycles. The van der Waals surface area contributed by atoms with Crippen LogP contribution in [0.15, 0.2) is 24.3 Å². The number of nitrogens with zero attached hydrogens (tertiary/aromatic N) is 1. The molecular formula is C20H30NO3+. The molecule has 0 bridgehead atoms. The fraction of sp³-hybridized carbons (Fsp3) is 0.650. The first kappa shape index (κ1) is 17.3. The van der Waals surface area contributed by atoms with Crippen LogP contribution in [-0.2, 0) is 4.74 Å². The standard InChI is InChI=1S/C20H30NO3/c1-3-23-18-11-9-16(10-12-18)20(22)24-15-17-7-6-14-21(2)13-5-4-8-19(17)21/h9-12,17,19H,3-8,13-15H2,1-2H3/q+1/t17-,19-,21?/m0/s1. The summed E-state index contributed by atoms with van der Waals surface area (Å²) in [5.74, 6) is 1.08. The van der Waals surface area contributed by atoms with Gasteiger partial charge in [-0.1, -0.05) is 0 Å². The number of fused-ring (bicyclic) bond motifs is 1. The van der Waals surface area contributed by atoms with Gasteiger partial charge < -0.3 is 14.0 Å². The van der Waals surface area contributed by atoms with Crippen molar-refractivity contribution < 1.29 is 18.8 Å². The Balaban J connectivity index is 1.57. The predicted octanol–water partition coefficient (Wildman–Crippen LogP) is 3.65. The Bertz CT molecular complexity index is 553. The number of hydrogen-bond acceptors (Lipinski definition) is 3. The van der Waals surface area contributed by atoms with Gasteiger partial charge in [-0.25, -0.2) is 4.79 Å². The lowest BCUT2D eigenvalue weighted by Crippen LogP contribution is -2.61. The third kappa shape index (κ3) is 3.75. The first-order chi connectivity index (χ1) is 11.6. The van der Waals surface area contributed by atoms with E-state index in [0.717, 1.165) is 5.75 Å². The van der Waals surface area contributed by atoms with Gasteiger partial charge in [0.1, 0.15) is 12.4 Å². The second-order valence-corrected chi connectivity index (χ2v) is 7.45. The van der Waals surface area contributed by atoms with E-state index in [1.807, 2.05) is 19.1 Å². The highest BCUT2D eigenvalue weighted by Crippen LogP contribution is 2.36. The average Bonchev–Trinajstić information content (AvgIpc) is 2.60. The molecule has 1 aromatic rings. The second kappa shape index (κ2) is 7.56. The van der Waals surface area contributed by atoms with E-state index >= 15 is 0 Å². The van der Waals surface area contributed by atoms with Crippen LogP contribution in [0.25, 0.3) is 0 Å². The molecule has 3 rings (SSSR count). The van der Waals surface area contributed by atoms with E-state index in [0.29, 0.717) is 30.7 Å². The first-order valence-corrected chi connectivity index (χ1v) is 9.36. The molecule has 0 radical (unpaired) electrons. The molecule has 2 aliphatic heterocycles. The molecule has 0 aliphatic carbocycles. The van der Waals surface area contributed by atoms with Gasteiger partial charge in [-0.15, -0.1) is 0 Å². The Labute approximate surface area is 145 Å². The number of hydrogen-bond donors (Lipinski definition) is 0. The number of benzene rings is 1. The summed E-state index contributed by atoms with van der Waals surface area (Å²) >= 11 is 0. The van der Waals surface area contributed by atoms with E-state index in [1.54, 1.807) is 12.1 Å². The quantitative estimate of drug-likeness (QED) is 0.610. The molecular weight excluding hydrogens is 302 g/mol. The largest absolute Gasteiger partial charge is 0.494 e. The molecule has 132 valence electrons. The molecule has 0 saturated carbocycles. The van der Waals surface area contributed by atoms with Gasteiger partial charge in [0.2, 0.25) is 0 Å². The summed E-state index contributed by atoms with van der Waals surface area (Å²) in [5.41, 5.74) is 0.607. The molecule has 1 aromatic carbocycles. The minimum Gasteiger partial charge on any atom is -0.494 e. The molecule has 0 spiro atoms. The molecule has 0 amide bonds. The zero-order valence-corrected chi connectivity index (χ0v) is 15.0. The normalized spacial score (nSPS) is 29.6. The molecule has 2 fully saturated rings. The van der Waals surface area contributed by atoms with Crippen LogP contribution >= 0.6 is 0 Å². The number of esters is 1. The van der Waals surface area contributed by atoms with Gasteiger partial charge in [-0.05, 0) is 56.9 Å². The van der Waals surface area contributed by atoms with Gasteiger partial charge in [-0.2, -0.15) is 0 Å².